The summed E-state index contributed by atoms with van der Waals surface area (Å²) in [7, 11) is -2.72. The van der Waals surface area contributed by atoms with Crippen LogP contribution in [-0.2, 0) is 25.4 Å². The number of anilines is 1. The lowest BCUT2D eigenvalue weighted by molar-refractivity contribution is -0.137. The number of amides is 3. The summed E-state index contributed by atoms with van der Waals surface area (Å²) in [5.41, 5.74) is 1.24. The van der Waals surface area contributed by atoms with E-state index >= 15 is 0 Å². The molecule has 3 fully saturated rings. The number of nitrogens with zero attached hydrogens (tertiary/aromatic N) is 4. The number of rotatable bonds is 7. The van der Waals surface area contributed by atoms with Gasteiger partial charge in [-0.25, -0.2) is 9.78 Å². The van der Waals surface area contributed by atoms with Crippen molar-refractivity contribution >= 4 is 63.3 Å². The first-order valence-electron chi connectivity index (χ1n) is 18.5. The summed E-state index contributed by atoms with van der Waals surface area (Å²) in [5.74, 6) is -0.486. The molecule has 4 heterocycles. The molecule has 11 heteroatoms. The molecule has 0 unspecified atom stereocenters. The number of fused-ring (bicyclic) bond motifs is 2. The molecule has 4 atom stereocenters. The maximum Gasteiger partial charge on any atom is 0.410 e. The second-order valence-corrected chi connectivity index (χ2v) is 21.8. The monoisotopic (exact) mass is 738 g/mol. The lowest BCUT2D eigenvalue weighted by atomic mass is 10.0. The highest BCUT2D eigenvalue weighted by Crippen LogP contribution is 2.43. The van der Waals surface area contributed by atoms with Gasteiger partial charge in [-0.15, -0.1) is 0 Å². The first-order valence-corrected chi connectivity index (χ1v) is 21.2. The highest BCUT2D eigenvalue weighted by molar-refractivity contribution is 7.22. The van der Waals surface area contributed by atoms with Crippen LogP contribution in [0.2, 0.25) is 5.04 Å². The van der Waals surface area contributed by atoms with Crippen molar-refractivity contribution in [1.82, 2.24) is 14.8 Å². The van der Waals surface area contributed by atoms with Gasteiger partial charge in [-0.3, -0.25) is 19.4 Å². The maximum atomic E-state index is 14.0. The topological polar surface area (TPSA) is 92.3 Å². The van der Waals surface area contributed by atoms with E-state index in [0.29, 0.717) is 37.7 Å². The number of thiazole rings is 1. The molecule has 3 saturated heterocycles. The number of hydrogen-bond donors (Lipinski definition) is 0. The zero-order valence-electron chi connectivity index (χ0n) is 31.3. The van der Waals surface area contributed by atoms with E-state index in [9.17, 15) is 14.4 Å². The van der Waals surface area contributed by atoms with Crippen molar-refractivity contribution < 1.29 is 23.5 Å². The van der Waals surface area contributed by atoms with E-state index in [1.807, 2.05) is 43.6 Å². The summed E-state index contributed by atoms with van der Waals surface area (Å²) >= 11 is 1.52. The largest absolute Gasteiger partial charge is 0.444 e. The molecule has 7 rings (SSSR count). The number of benzene rings is 3. The average Bonchev–Trinajstić information content (AvgIpc) is 3.89. The lowest BCUT2D eigenvalue weighted by Crippen LogP contribution is -2.66. The molecule has 4 aromatic rings. The fourth-order valence-electron chi connectivity index (χ4n) is 8.56. The van der Waals surface area contributed by atoms with E-state index in [1.54, 1.807) is 4.90 Å². The first kappa shape index (κ1) is 36.3. The number of carbonyl (C=O) groups is 3. The molecule has 0 bridgehead atoms. The fraction of sp³-hybridized carbons (Fsp3) is 0.463. The number of aromatic nitrogens is 1. The average molecular weight is 739 g/mol. The third-order valence-corrected chi connectivity index (χ3v) is 16.9. The molecule has 0 saturated carbocycles. The van der Waals surface area contributed by atoms with Crippen molar-refractivity contribution in [3.63, 3.8) is 0 Å². The summed E-state index contributed by atoms with van der Waals surface area (Å²) in [5, 5.41) is 3.00. The molecule has 3 aliphatic rings. The van der Waals surface area contributed by atoms with Crippen LogP contribution in [-0.4, -0.2) is 77.8 Å². The predicted octanol–water partition coefficient (Wildman–Crippen LogP) is 6.72. The third kappa shape index (κ3) is 6.45. The minimum Gasteiger partial charge on any atom is -0.444 e. The molecule has 9 nitrogen and oxygen atoms in total. The number of likely N-dealkylation sites (tertiary alicyclic amines) is 2. The van der Waals surface area contributed by atoms with Gasteiger partial charge in [0, 0.05) is 13.1 Å². The molecule has 0 spiro atoms. The highest BCUT2D eigenvalue weighted by atomic mass is 32.1. The van der Waals surface area contributed by atoms with Crippen LogP contribution < -0.4 is 15.3 Å². The molecule has 274 valence electrons. The van der Waals surface area contributed by atoms with Gasteiger partial charge in [-0.1, -0.05) is 106 Å². The molecular weight excluding hydrogens is 689 g/mol. The second-order valence-electron chi connectivity index (χ2n) is 16.5. The summed E-state index contributed by atoms with van der Waals surface area (Å²) in [6, 6.07) is 26.5. The Hall–Kier alpha value is -4.06. The van der Waals surface area contributed by atoms with Crippen molar-refractivity contribution in [2.24, 2.45) is 5.92 Å². The Morgan fingerprint density at radius 2 is 1.54 bits per heavy atom. The summed E-state index contributed by atoms with van der Waals surface area (Å²) in [6.45, 7) is 15.7. The Morgan fingerprint density at radius 1 is 0.885 bits per heavy atom. The van der Waals surface area contributed by atoms with E-state index in [2.05, 4.69) is 93.6 Å². The van der Waals surface area contributed by atoms with Crippen LogP contribution in [0.25, 0.3) is 10.2 Å². The fourth-order valence-corrected chi connectivity index (χ4v) is 14.2. The van der Waals surface area contributed by atoms with E-state index in [0.717, 1.165) is 22.2 Å². The Kier molecular flexibility index (Phi) is 9.58. The standard InChI is InChI=1S/C41H50N4O5SSi/c1-27-35-32(22-24-44(35)37(47)33-19-14-23-43(33)39(48)50-40(2,3)4)45(36(27)46)38-42-31-21-20-28(25-34(31)51-38)26-49-52(41(5,6)7,29-15-10-8-11-16-29)30-17-12-9-13-18-30/h8-13,15-18,20-21,25,27,32-33,35H,14,19,22-24,26H2,1-7H3/t27-,32-,33-,35+/m0/s1. The smallest absolute Gasteiger partial charge is 0.410 e. The molecule has 0 radical (unpaired) electrons. The first-order chi connectivity index (χ1) is 24.7. The molecular formula is C41H50N4O5SSi. The van der Waals surface area contributed by atoms with Gasteiger partial charge in [-0.2, -0.15) is 0 Å². The molecule has 3 aromatic carbocycles. The molecule has 0 N–H and O–H groups in total. The van der Waals surface area contributed by atoms with Gasteiger partial charge >= 0.3 is 6.09 Å². The number of carbonyl (C=O) groups excluding carboxylic acids is 3. The Morgan fingerprint density at radius 3 is 2.15 bits per heavy atom. The van der Waals surface area contributed by atoms with E-state index in [4.69, 9.17) is 14.1 Å². The van der Waals surface area contributed by atoms with Crippen LogP contribution in [0, 0.1) is 5.92 Å². The third-order valence-electron chi connectivity index (χ3n) is 10.9. The molecule has 1 aromatic heterocycles. The second kappa shape index (κ2) is 13.7. The lowest BCUT2D eigenvalue weighted by Gasteiger charge is -2.43. The highest BCUT2D eigenvalue weighted by Gasteiger charge is 2.56. The van der Waals surface area contributed by atoms with Crippen molar-refractivity contribution in [3.05, 3.63) is 84.4 Å². The van der Waals surface area contributed by atoms with Crippen LogP contribution in [0.3, 0.4) is 0 Å². The zero-order chi connectivity index (χ0) is 37.0. The van der Waals surface area contributed by atoms with Gasteiger partial charge in [0.25, 0.3) is 8.32 Å². The minimum absolute atomic E-state index is 0.0165. The quantitative estimate of drug-likeness (QED) is 0.196. The summed E-state index contributed by atoms with van der Waals surface area (Å²) in [4.78, 5) is 51.2. The van der Waals surface area contributed by atoms with Gasteiger partial charge in [0.15, 0.2) is 5.13 Å². The SMILES string of the molecule is C[C@@H]1C(=O)N(c2nc3ccc(CO[Si](c4ccccc4)(c4ccccc4)C(C)(C)C)cc3s2)[C@H]2CCN(C(=O)[C@@H]3CCCN3C(=O)OC(C)(C)C)[C@H]12. The van der Waals surface area contributed by atoms with E-state index < -0.39 is 26.1 Å². The van der Waals surface area contributed by atoms with E-state index in [1.165, 1.54) is 21.7 Å². The van der Waals surface area contributed by atoms with Crippen molar-refractivity contribution in [3.8, 4) is 0 Å². The number of ether oxygens (including phenoxy) is 1. The van der Waals surface area contributed by atoms with Crippen LogP contribution in [0.5, 0.6) is 0 Å². The van der Waals surface area contributed by atoms with Gasteiger partial charge < -0.3 is 14.1 Å². The van der Waals surface area contributed by atoms with Crippen molar-refractivity contribution in [2.75, 3.05) is 18.0 Å². The van der Waals surface area contributed by atoms with Crippen LogP contribution in [0.15, 0.2) is 78.9 Å². The molecule has 3 amide bonds. The van der Waals surface area contributed by atoms with Gasteiger partial charge in [0.05, 0.1) is 34.8 Å². The van der Waals surface area contributed by atoms with Gasteiger partial charge in [-0.05, 0) is 73.1 Å². The minimum atomic E-state index is -2.72. The van der Waals surface area contributed by atoms with Crippen LogP contribution in [0.1, 0.15) is 73.3 Å². The Labute approximate surface area is 312 Å². The maximum absolute atomic E-state index is 14.0. The Balaban J connectivity index is 1.12. The summed E-state index contributed by atoms with van der Waals surface area (Å²) in [6.07, 6.45) is 1.55. The van der Waals surface area contributed by atoms with Crippen molar-refractivity contribution in [2.45, 2.75) is 103 Å². The van der Waals surface area contributed by atoms with Gasteiger partial charge in [0.1, 0.15) is 11.6 Å². The van der Waals surface area contributed by atoms with Crippen LogP contribution in [0.4, 0.5) is 9.93 Å². The zero-order valence-corrected chi connectivity index (χ0v) is 33.1. The van der Waals surface area contributed by atoms with E-state index in [-0.39, 0.29) is 34.9 Å². The van der Waals surface area contributed by atoms with Gasteiger partial charge in [0.2, 0.25) is 11.8 Å². The van der Waals surface area contributed by atoms with Crippen LogP contribution >= 0.6 is 11.3 Å². The molecule has 52 heavy (non-hydrogen) atoms. The number of hydrogen-bond acceptors (Lipinski definition) is 7. The molecule has 0 aliphatic carbocycles. The predicted molar refractivity (Wildman–Crippen MR) is 209 cm³/mol. The molecule has 3 aliphatic heterocycles. The Bertz CT molecular complexity index is 1920. The van der Waals surface area contributed by atoms with Crippen molar-refractivity contribution in [1.29, 1.82) is 0 Å². The normalized spacial score (nSPS) is 22.4. The summed E-state index contributed by atoms with van der Waals surface area (Å²) < 4.78 is 13.8.